The van der Waals surface area contributed by atoms with Gasteiger partial charge in [-0.3, -0.25) is 0 Å². The van der Waals surface area contributed by atoms with Crippen molar-refractivity contribution in [1.82, 2.24) is 0 Å². The molecule has 0 spiro atoms. The van der Waals surface area contributed by atoms with E-state index in [0.29, 0.717) is 12.2 Å². The minimum absolute atomic E-state index is 0.392. The summed E-state index contributed by atoms with van der Waals surface area (Å²) in [6, 6.07) is 0. The van der Waals surface area contributed by atoms with E-state index >= 15 is 0 Å². The lowest BCUT2D eigenvalue weighted by molar-refractivity contribution is 0.102. The molecule has 0 aromatic rings. The molecule has 0 amide bonds. The average molecular weight is 170 g/mol. The summed E-state index contributed by atoms with van der Waals surface area (Å²) in [6.07, 6.45) is 5.38. The predicted octanol–water partition coefficient (Wildman–Crippen LogP) is 0.440. The zero-order valence-electron chi connectivity index (χ0n) is 7.29. The Morgan fingerprint density at radius 3 is 1.92 bits per heavy atom. The van der Waals surface area contributed by atoms with Gasteiger partial charge in [0, 0.05) is 0 Å². The summed E-state index contributed by atoms with van der Waals surface area (Å²) < 4.78 is 15.1. The Morgan fingerprint density at radius 2 is 1.67 bits per heavy atom. The molecule has 2 aliphatic heterocycles. The molecule has 0 aliphatic carbocycles. The van der Waals surface area contributed by atoms with Crippen LogP contribution in [0.5, 0.6) is 0 Å². The van der Waals surface area contributed by atoms with Crippen molar-refractivity contribution in [2.75, 3.05) is 26.4 Å². The number of hydrogen-bond acceptors (Lipinski definition) is 3. The fraction of sp³-hybridized carbons (Fsp3) is 0.778. The molecule has 2 heterocycles. The van der Waals surface area contributed by atoms with Gasteiger partial charge in [0.2, 0.25) is 0 Å². The maximum atomic E-state index is 5.23. The van der Waals surface area contributed by atoms with Crippen LogP contribution in [0.25, 0.3) is 0 Å². The lowest BCUT2D eigenvalue weighted by Crippen LogP contribution is -2.06. The summed E-state index contributed by atoms with van der Waals surface area (Å²) in [5.41, 5.74) is 0. The molecule has 3 heteroatoms. The van der Waals surface area contributed by atoms with Crippen LogP contribution in [-0.4, -0.2) is 38.6 Å². The van der Waals surface area contributed by atoms with Crippen molar-refractivity contribution in [3.63, 3.8) is 0 Å². The molecule has 3 nitrogen and oxygen atoms in total. The zero-order valence-corrected chi connectivity index (χ0v) is 7.29. The minimum atomic E-state index is 0.392. The Bertz CT molecular complexity index is 142. The fourth-order valence-electron chi connectivity index (χ4n) is 0.659. The molecule has 0 radical (unpaired) electrons. The van der Waals surface area contributed by atoms with Gasteiger partial charge in [-0.05, 0) is 6.92 Å². The fourth-order valence-corrected chi connectivity index (χ4v) is 0.659. The Morgan fingerprint density at radius 1 is 1.33 bits per heavy atom. The molecule has 2 rings (SSSR count). The molecular formula is C9H14O3. The largest absolute Gasteiger partial charge is 0.376 e. The first-order valence-electron chi connectivity index (χ1n) is 4.05. The molecule has 0 saturated carbocycles. The van der Waals surface area contributed by atoms with Crippen LogP contribution in [0.4, 0.5) is 0 Å². The molecule has 2 atom stereocenters. The van der Waals surface area contributed by atoms with Crippen LogP contribution in [0, 0.1) is 12.3 Å². The average Bonchev–Trinajstić information content (AvgIpc) is 2.82. The molecule has 2 saturated heterocycles. The SMILES string of the molecule is C#CC.C(OCC1CO1)C1CO1. The Labute approximate surface area is 73.0 Å². The van der Waals surface area contributed by atoms with E-state index in [0.717, 1.165) is 26.4 Å². The van der Waals surface area contributed by atoms with Crippen molar-refractivity contribution in [2.24, 2.45) is 0 Å². The van der Waals surface area contributed by atoms with Gasteiger partial charge in [0.1, 0.15) is 12.2 Å². The third-order valence-electron chi connectivity index (χ3n) is 1.41. The van der Waals surface area contributed by atoms with E-state index in [-0.39, 0.29) is 0 Å². The number of terminal acetylenes is 1. The summed E-state index contributed by atoms with van der Waals surface area (Å²) in [7, 11) is 0. The zero-order chi connectivity index (χ0) is 8.81. The Hall–Kier alpha value is -0.560. The summed E-state index contributed by atoms with van der Waals surface area (Å²) in [5, 5.41) is 0. The third-order valence-corrected chi connectivity index (χ3v) is 1.41. The smallest absolute Gasteiger partial charge is 0.104 e. The van der Waals surface area contributed by atoms with E-state index in [1.165, 1.54) is 0 Å². The van der Waals surface area contributed by atoms with Gasteiger partial charge in [-0.2, -0.15) is 0 Å². The summed E-state index contributed by atoms with van der Waals surface area (Å²) in [5.74, 6) is 2.25. The van der Waals surface area contributed by atoms with Crippen LogP contribution in [0.2, 0.25) is 0 Å². The van der Waals surface area contributed by atoms with E-state index in [4.69, 9.17) is 14.2 Å². The number of hydrogen-bond donors (Lipinski definition) is 0. The molecule has 12 heavy (non-hydrogen) atoms. The standard InChI is InChI=1S/C6H10O3.C3H4/c1(5-3-8-5)7-2-6-4-9-6;1-3-2/h5-6H,1-4H2;1H,2H3. The summed E-state index contributed by atoms with van der Waals surface area (Å²) >= 11 is 0. The third kappa shape index (κ3) is 5.14. The monoisotopic (exact) mass is 170 g/mol. The van der Waals surface area contributed by atoms with Crippen LogP contribution < -0.4 is 0 Å². The second-order valence-corrected chi connectivity index (χ2v) is 2.74. The molecule has 0 aromatic carbocycles. The second-order valence-electron chi connectivity index (χ2n) is 2.74. The molecule has 2 aliphatic rings. The highest BCUT2D eigenvalue weighted by atomic mass is 16.6. The van der Waals surface area contributed by atoms with Gasteiger partial charge < -0.3 is 14.2 Å². The van der Waals surface area contributed by atoms with Gasteiger partial charge >= 0.3 is 0 Å². The van der Waals surface area contributed by atoms with Gasteiger partial charge in [-0.15, -0.1) is 12.3 Å². The van der Waals surface area contributed by atoms with Gasteiger partial charge in [-0.1, -0.05) is 0 Å². The summed E-state index contributed by atoms with van der Waals surface area (Å²) in [4.78, 5) is 0. The molecule has 68 valence electrons. The van der Waals surface area contributed by atoms with Crippen LogP contribution in [0.15, 0.2) is 0 Å². The van der Waals surface area contributed by atoms with Crippen molar-refractivity contribution in [3.05, 3.63) is 0 Å². The van der Waals surface area contributed by atoms with E-state index in [9.17, 15) is 0 Å². The second kappa shape index (κ2) is 5.15. The van der Waals surface area contributed by atoms with Crippen molar-refractivity contribution < 1.29 is 14.2 Å². The van der Waals surface area contributed by atoms with Crippen LogP contribution in [-0.2, 0) is 14.2 Å². The minimum Gasteiger partial charge on any atom is -0.376 e. The highest BCUT2D eigenvalue weighted by Crippen LogP contribution is 2.12. The molecular weight excluding hydrogens is 156 g/mol. The Balaban J connectivity index is 0.000000213. The first-order valence-corrected chi connectivity index (χ1v) is 4.05. The highest BCUT2D eigenvalue weighted by molar-refractivity contribution is 4.73. The van der Waals surface area contributed by atoms with E-state index in [1.54, 1.807) is 6.92 Å². The quantitative estimate of drug-likeness (QED) is 0.453. The normalized spacial score (nSPS) is 29.7. The topological polar surface area (TPSA) is 34.3 Å². The van der Waals surface area contributed by atoms with Crippen molar-refractivity contribution >= 4 is 0 Å². The van der Waals surface area contributed by atoms with Gasteiger partial charge in [0.05, 0.1) is 26.4 Å². The predicted molar refractivity (Wildman–Crippen MR) is 44.8 cm³/mol. The number of ether oxygens (including phenoxy) is 3. The highest BCUT2D eigenvalue weighted by Gasteiger charge is 2.26. The van der Waals surface area contributed by atoms with E-state index < -0.39 is 0 Å². The first-order chi connectivity index (χ1) is 5.86. The Kier molecular flexibility index (Phi) is 4.09. The maximum absolute atomic E-state index is 5.23. The first kappa shape index (κ1) is 9.53. The lowest BCUT2D eigenvalue weighted by atomic mass is 10.5. The molecule has 2 unspecified atom stereocenters. The van der Waals surface area contributed by atoms with Crippen LogP contribution in [0.3, 0.4) is 0 Å². The molecule has 0 bridgehead atoms. The van der Waals surface area contributed by atoms with Crippen LogP contribution in [0.1, 0.15) is 6.92 Å². The van der Waals surface area contributed by atoms with Gasteiger partial charge in [-0.25, -0.2) is 0 Å². The van der Waals surface area contributed by atoms with Gasteiger partial charge in [0.25, 0.3) is 0 Å². The number of epoxide rings is 2. The van der Waals surface area contributed by atoms with E-state index in [2.05, 4.69) is 12.3 Å². The lowest BCUT2D eigenvalue weighted by Gasteiger charge is -1.95. The molecule has 0 N–H and O–H groups in total. The van der Waals surface area contributed by atoms with Crippen LogP contribution >= 0.6 is 0 Å². The molecule has 0 aromatic heterocycles. The summed E-state index contributed by atoms with van der Waals surface area (Å²) in [6.45, 7) is 4.91. The number of rotatable bonds is 4. The molecule has 2 fully saturated rings. The maximum Gasteiger partial charge on any atom is 0.104 e. The van der Waals surface area contributed by atoms with Crippen molar-refractivity contribution in [2.45, 2.75) is 19.1 Å². The van der Waals surface area contributed by atoms with Crippen molar-refractivity contribution in [3.8, 4) is 12.3 Å². The van der Waals surface area contributed by atoms with Gasteiger partial charge in [0.15, 0.2) is 0 Å². The van der Waals surface area contributed by atoms with E-state index in [1.807, 2.05) is 0 Å². The van der Waals surface area contributed by atoms with Crippen molar-refractivity contribution in [1.29, 1.82) is 0 Å².